The van der Waals surface area contributed by atoms with Gasteiger partial charge in [-0.2, -0.15) is 5.26 Å². The molecule has 0 radical (unpaired) electrons. The number of carbonyl (C=O) groups is 1. The first-order chi connectivity index (χ1) is 9.58. The standard InChI is InChI=1S/C13H8FN2O2PS/c14-11-9(13(17)18)3-4-16-12(11)7-1-2-10(20-19)8(5-7)6-15/h1-5H,19H2,(H,17,18). The van der Waals surface area contributed by atoms with Gasteiger partial charge >= 0.3 is 5.97 Å². The Morgan fingerprint density at radius 2 is 2.20 bits per heavy atom. The van der Waals surface area contributed by atoms with Crippen LogP contribution in [0.5, 0.6) is 0 Å². The predicted molar refractivity (Wildman–Crippen MR) is 76.9 cm³/mol. The third-order valence-corrected chi connectivity index (χ3v) is 3.99. The second kappa shape index (κ2) is 6.00. The second-order valence-corrected chi connectivity index (χ2v) is 5.15. The number of nitrogens with zero attached hydrogens (tertiary/aromatic N) is 2. The van der Waals surface area contributed by atoms with Crippen molar-refractivity contribution in [3.8, 4) is 17.3 Å². The lowest BCUT2D eigenvalue weighted by Crippen LogP contribution is -2.03. The van der Waals surface area contributed by atoms with Gasteiger partial charge in [0.1, 0.15) is 11.8 Å². The molecule has 2 aromatic rings. The van der Waals surface area contributed by atoms with Crippen LogP contribution >= 0.6 is 19.8 Å². The first kappa shape index (κ1) is 14.4. The van der Waals surface area contributed by atoms with Crippen molar-refractivity contribution in [3.63, 3.8) is 0 Å². The third kappa shape index (κ3) is 2.64. The van der Waals surface area contributed by atoms with Crippen LogP contribution in [0.25, 0.3) is 11.3 Å². The van der Waals surface area contributed by atoms with Crippen molar-refractivity contribution in [1.82, 2.24) is 4.98 Å². The summed E-state index contributed by atoms with van der Waals surface area (Å²) in [5, 5.41) is 17.9. The quantitative estimate of drug-likeness (QED) is 0.880. The van der Waals surface area contributed by atoms with Crippen LogP contribution < -0.4 is 0 Å². The van der Waals surface area contributed by atoms with Gasteiger partial charge in [-0.15, -0.1) is 11.4 Å². The van der Waals surface area contributed by atoms with Crippen molar-refractivity contribution < 1.29 is 14.3 Å². The molecule has 0 saturated carbocycles. The Hall–Kier alpha value is -1.96. The van der Waals surface area contributed by atoms with Crippen molar-refractivity contribution in [2.75, 3.05) is 0 Å². The SMILES string of the molecule is N#Cc1cc(-c2nccc(C(=O)O)c2F)ccc1SP. The lowest BCUT2D eigenvalue weighted by Gasteiger charge is -2.07. The fraction of sp³-hybridized carbons (Fsp3) is 0. The number of nitriles is 1. The number of aromatic nitrogens is 1. The van der Waals surface area contributed by atoms with E-state index in [4.69, 9.17) is 10.4 Å². The van der Waals surface area contributed by atoms with Gasteiger partial charge in [0.25, 0.3) is 0 Å². The van der Waals surface area contributed by atoms with Gasteiger partial charge in [0, 0.05) is 16.7 Å². The number of pyridine rings is 1. The predicted octanol–water partition coefficient (Wildman–Crippen LogP) is 3.34. The molecule has 100 valence electrons. The molecule has 0 saturated heterocycles. The summed E-state index contributed by atoms with van der Waals surface area (Å²) in [7, 11) is 2.43. The molecular weight excluding hydrogens is 298 g/mol. The minimum atomic E-state index is -1.36. The molecule has 0 aliphatic carbocycles. The molecular formula is C13H8FN2O2PS. The normalized spacial score (nSPS) is 10.1. The van der Waals surface area contributed by atoms with Gasteiger partial charge < -0.3 is 5.11 Å². The molecule has 0 amide bonds. The Morgan fingerprint density at radius 3 is 2.80 bits per heavy atom. The molecule has 20 heavy (non-hydrogen) atoms. The van der Waals surface area contributed by atoms with E-state index in [1.165, 1.54) is 23.6 Å². The van der Waals surface area contributed by atoms with E-state index in [9.17, 15) is 9.18 Å². The highest BCUT2D eigenvalue weighted by Gasteiger charge is 2.17. The Balaban J connectivity index is 2.61. The number of benzene rings is 1. The summed E-state index contributed by atoms with van der Waals surface area (Å²) >= 11 is 1.32. The molecule has 2 rings (SSSR count). The Labute approximate surface area is 120 Å². The Morgan fingerprint density at radius 1 is 1.45 bits per heavy atom. The van der Waals surface area contributed by atoms with Crippen LogP contribution in [0.3, 0.4) is 0 Å². The molecule has 0 fully saturated rings. The van der Waals surface area contributed by atoms with Crippen molar-refractivity contribution in [2.24, 2.45) is 0 Å². The maximum atomic E-state index is 14.1. The fourth-order valence-electron chi connectivity index (χ4n) is 1.68. The van der Waals surface area contributed by atoms with E-state index < -0.39 is 17.3 Å². The fourth-order valence-corrected chi connectivity index (χ4v) is 2.67. The molecule has 1 N–H and O–H groups in total. The second-order valence-electron chi connectivity index (χ2n) is 3.77. The molecule has 1 aromatic carbocycles. The molecule has 0 aliphatic rings. The zero-order valence-corrected chi connectivity index (χ0v) is 12.0. The van der Waals surface area contributed by atoms with Crippen LogP contribution in [0.1, 0.15) is 15.9 Å². The number of carboxylic acids is 1. The lowest BCUT2D eigenvalue weighted by molar-refractivity contribution is 0.0692. The number of aromatic carboxylic acids is 1. The molecule has 0 spiro atoms. The van der Waals surface area contributed by atoms with E-state index >= 15 is 0 Å². The molecule has 7 heteroatoms. The van der Waals surface area contributed by atoms with E-state index in [1.807, 2.05) is 6.07 Å². The summed E-state index contributed by atoms with van der Waals surface area (Å²) in [6.07, 6.45) is 1.23. The summed E-state index contributed by atoms with van der Waals surface area (Å²) in [5.41, 5.74) is 0.217. The molecule has 0 aliphatic heterocycles. The number of hydrogen-bond donors (Lipinski definition) is 1. The van der Waals surface area contributed by atoms with E-state index in [1.54, 1.807) is 12.1 Å². The summed E-state index contributed by atoms with van der Waals surface area (Å²) in [6.45, 7) is 0. The van der Waals surface area contributed by atoms with E-state index in [0.29, 0.717) is 11.1 Å². The maximum Gasteiger partial charge on any atom is 0.338 e. The monoisotopic (exact) mass is 306 g/mol. The highest BCUT2D eigenvalue weighted by atomic mass is 32.7. The molecule has 1 aromatic heterocycles. The highest BCUT2D eigenvalue weighted by Crippen LogP contribution is 2.32. The van der Waals surface area contributed by atoms with E-state index in [0.717, 1.165) is 11.0 Å². The minimum Gasteiger partial charge on any atom is -0.478 e. The van der Waals surface area contributed by atoms with E-state index in [2.05, 4.69) is 13.4 Å². The van der Waals surface area contributed by atoms with Crippen LogP contribution in [0, 0.1) is 17.1 Å². The van der Waals surface area contributed by atoms with Crippen LogP contribution in [0.4, 0.5) is 4.39 Å². The first-order valence-electron chi connectivity index (χ1n) is 5.37. The topological polar surface area (TPSA) is 74.0 Å². The van der Waals surface area contributed by atoms with Crippen molar-refractivity contribution in [2.45, 2.75) is 4.90 Å². The number of carboxylic acid groups (broad SMARTS) is 1. The third-order valence-electron chi connectivity index (χ3n) is 2.62. The summed E-state index contributed by atoms with van der Waals surface area (Å²) in [5.74, 6) is -2.26. The summed E-state index contributed by atoms with van der Waals surface area (Å²) in [4.78, 5) is 15.5. The number of rotatable bonds is 3. The molecule has 1 atom stereocenters. The molecule has 0 bridgehead atoms. The van der Waals surface area contributed by atoms with Gasteiger partial charge in [-0.1, -0.05) is 14.5 Å². The average molecular weight is 306 g/mol. The van der Waals surface area contributed by atoms with Crippen LogP contribution in [0.2, 0.25) is 0 Å². The van der Waals surface area contributed by atoms with E-state index in [-0.39, 0.29) is 5.69 Å². The van der Waals surface area contributed by atoms with Crippen molar-refractivity contribution in [1.29, 1.82) is 5.26 Å². The van der Waals surface area contributed by atoms with Gasteiger partial charge in [0.2, 0.25) is 0 Å². The average Bonchev–Trinajstić information content (AvgIpc) is 2.46. The zero-order chi connectivity index (χ0) is 14.7. The number of hydrogen-bond acceptors (Lipinski definition) is 4. The molecule has 4 nitrogen and oxygen atoms in total. The highest BCUT2D eigenvalue weighted by molar-refractivity contribution is 8.43. The lowest BCUT2D eigenvalue weighted by atomic mass is 10.1. The maximum absolute atomic E-state index is 14.1. The first-order valence-corrected chi connectivity index (χ1v) is 7.67. The van der Waals surface area contributed by atoms with Gasteiger partial charge in [-0.25, -0.2) is 9.18 Å². The largest absolute Gasteiger partial charge is 0.478 e. The van der Waals surface area contributed by atoms with Crippen molar-refractivity contribution in [3.05, 3.63) is 47.4 Å². The van der Waals surface area contributed by atoms with Crippen LogP contribution in [-0.4, -0.2) is 16.1 Å². The summed E-state index contributed by atoms with van der Waals surface area (Å²) < 4.78 is 14.1. The zero-order valence-electron chi connectivity index (χ0n) is 10.0. The minimum absolute atomic E-state index is 0.0818. The van der Waals surface area contributed by atoms with Gasteiger partial charge in [0.05, 0.1) is 11.1 Å². The van der Waals surface area contributed by atoms with Gasteiger partial charge in [0.15, 0.2) is 5.82 Å². The summed E-state index contributed by atoms with van der Waals surface area (Å²) in [6, 6.07) is 7.87. The molecule has 1 heterocycles. The van der Waals surface area contributed by atoms with Crippen LogP contribution in [0.15, 0.2) is 35.4 Å². The Kier molecular flexibility index (Phi) is 4.33. The van der Waals surface area contributed by atoms with Gasteiger partial charge in [-0.05, 0) is 18.2 Å². The van der Waals surface area contributed by atoms with Crippen molar-refractivity contribution >= 4 is 25.8 Å². The Bertz CT molecular complexity index is 731. The number of halogens is 1. The van der Waals surface area contributed by atoms with Crippen LogP contribution in [-0.2, 0) is 0 Å². The smallest absolute Gasteiger partial charge is 0.338 e. The van der Waals surface area contributed by atoms with Gasteiger partial charge in [-0.3, -0.25) is 4.98 Å². The molecule has 1 unspecified atom stereocenters.